The summed E-state index contributed by atoms with van der Waals surface area (Å²) in [6.45, 7) is 1.46. The van der Waals surface area contributed by atoms with Gasteiger partial charge in [0.2, 0.25) is 11.8 Å². The zero-order valence-corrected chi connectivity index (χ0v) is 20.9. The van der Waals surface area contributed by atoms with Crippen molar-refractivity contribution in [1.82, 2.24) is 0 Å². The monoisotopic (exact) mass is 502 g/mol. The van der Waals surface area contributed by atoms with Crippen LogP contribution in [-0.4, -0.2) is 42.5 Å². The van der Waals surface area contributed by atoms with E-state index in [0.29, 0.717) is 28.4 Å². The van der Waals surface area contributed by atoms with Gasteiger partial charge in [-0.3, -0.25) is 14.4 Å². The molecule has 2 amide bonds. The Labute approximate surface area is 215 Å². The molecule has 1 aliphatic carbocycles. The van der Waals surface area contributed by atoms with Gasteiger partial charge >= 0.3 is 0 Å². The molecule has 0 spiro atoms. The van der Waals surface area contributed by atoms with Crippen LogP contribution in [0.3, 0.4) is 0 Å². The Balaban J connectivity index is 1.76. The first kappa shape index (κ1) is 25.9. The van der Waals surface area contributed by atoms with E-state index in [9.17, 15) is 19.5 Å². The first-order valence-corrected chi connectivity index (χ1v) is 11.9. The number of anilines is 2. The lowest BCUT2D eigenvalue weighted by Crippen LogP contribution is -2.56. The number of ether oxygens (including phenoxy) is 2. The minimum atomic E-state index is -1.70. The molecule has 8 heteroatoms. The number of benzene rings is 3. The van der Waals surface area contributed by atoms with E-state index in [1.807, 2.05) is 0 Å². The maximum Gasteiger partial charge on any atom is 0.235 e. The molecule has 1 saturated carbocycles. The molecule has 0 radical (unpaired) electrons. The van der Waals surface area contributed by atoms with Crippen LogP contribution in [-0.2, 0) is 14.4 Å². The molecule has 4 atom stereocenters. The van der Waals surface area contributed by atoms with E-state index in [4.69, 9.17) is 9.47 Å². The van der Waals surface area contributed by atoms with Crippen molar-refractivity contribution in [1.29, 1.82) is 0 Å². The summed E-state index contributed by atoms with van der Waals surface area (Å²) in [4.78, 5) is 40.8. The van der Waals surface area contributed by atoms with Gasteiger partial charge in [0, 0.05) is 12.3 Å². The summed E-state index contributed by atoms with van der Waals surface area (Å²) in [5.74, 6) is -3.93. The lowest BCUT2D eigenvalue weighted by molar-refractivity contribution is -0.150. The fourth-order valence-corrected chi connectivity index (χ4v) is 5.08. The van der Waals surface area contributed by atoms with Gasteiger partial charge in [-0.05, 0) is 36.8 Å². The quantitative estimate of drug-likeness (QED) is 0.421. The molecule has 1 fully saturated rings. The van der Waals surface area contributed by atoms with Crippen LogP contribution in [0.4, 0.5) is 11.4 Å². The summed E-state index contributed by atoms with van der Waals surface area (Å²) < 4.78 is 10.7. The zero-order chi connectivity index (χ0) is 26.6. The molecule has 0 aromatic heterocycles. The molecule has 8 nitrogen and oxygen atoms in total. The number of amides is 2. The van der Waals surface area contributed by atoms with E-state index >= 15 is 0 Å². The second-order valence-corrected chi connectivity index (χ2v) is 9.27. The van der Waals surface area contributed by atoms with Crippen molar-refractivity contribution < 1.29 is 29.0 Å². The number of carbonyl (C=O) groups is 3. The molecule has 1 aliphatic rings. The molecule has 3 N–H and O–H groups in total. The minimum Gasteiger partial charge on any atom is -0.495 e. The van der Waals surface area contributed by atoms with Gasteiger partial charge in [-0.2, -0.15) is 0 Å². The number of hydrogen-bond donors (Lipinski definition) is 3. The first-order valence-electron chi connectivity index (χ1n) is 11.9. The summed E-state index contributed by atoms with van der Waals surface area (Å²) in [6.07, 6.45) is -0.357. The van der Waals surface area contributed by atoms with E-state index < -0.39 is 41.0 Å². The van der Waals surface area contributed by atoms with E-state index in [0.717, 1.165) is 0 Å². The van der Waals surface area contributed by atoms with Crippen molar-refractivity contribution in [3.8, 4) is 11.5 Å². The Kier molecular flexibility index (Phi) is 7.59. The van der Waals surface area contributed by atoms with Gasteiger partial charge < -0.3 is 25.2 Å². The highest BCUT2D eigenvalue weighted by molar-refractivity contribution is 6.11. The molecular formula is C29H30N2O6. The largest absolute Gasteiger partial charge is 0.495 e. The lowest BCUT2D eigenvalue weighted by Gasteiger charge is -2.44. The third-order valence-corrected chi connectivity index (χ3v) is 6.75. The molecule has 192 valence electrons. The predicted octanol–water partition coefficient (Wildman–Crippen LogP) is 4.02. The van der Waals surface area contributed by atoms with Gasteiger partial charge in [0.15, 0.2) is 0 Å². The maximum atomic E-state index is 13.8. The number of hydrogen-bond acceptors (Lipinski definition) is 6. The Morgan fingerprint density at radius 2 is 1.30 bits per heavy atom. The molecule has 4 rings (SSSR count). The van der Waals surface area contributed by atoms with Gasteiger partial charge in [0.1, 0.15) is 23.2 Å². The second kappa shape index (κ2) is 10.8. The normalized spacial score (nSPS) is 23.1. The van der Waals surface area contributed by atoms with Crippen molar-refractivity contribution in [3.63, 3.8) is 0 Å². The topological polar surface area (TPSA) is 114 Å². The van der Waals surface area contributed by atoms with Crippen LogP contribution in [0.2, 0.25) is 0 Å². The molecule has 0 aliphatic heterocycles. The number of aliphatic hydroxyl groups is 1. The Bertz CT molecular complexity index is 1290. The van der Waals surface area contributed by atoms with Crippen molar-refractivity contribution in [2.75, 3.05) is 24.9 Å². The number of ketones is 1. The van der Waals surface area contributed by atoms with Crippen LogP contribution in [0.1, 0.15) is 24.8 Å². The number of carbonyl (C=O) groups excluding carboxylic acids is 3. The van der Waals surface area contributed by atoms with Crippen molar-refractivity contribution >= 4 is 29.0 Å². The highest BCUT2D eigenvalue weighted by atomic mass is 16.5. The smallest absolute Gasteiger partial charge is 0.235 e. The highest BCUT2D eigenvalue weighted by Crippen LogP contribution is 2.47. The molecule has 3 aromatic carbocycles. The van der Waals surface area contributed by atoms with Crippen LogP contribution in [0, 0.1) is 11.8 Å². The van der Waals surface area contributed by atoms with Gasteiger partial charge in [-0.1, -0.05) is 54.6 Å². The van der Waals surface area contributed by atoms with Crippen LogP contribution in [0.25, 0.3) is 0 Å². The Morgan fingerprint density at radius 3 is 1.84 bits per heavy atom. The van der Waals surface area contributed by atoms with Gasteiger partial charge in [-0.25, -0.2) is 0 Å². The van der Waals surface area contributed by atoms with Crippen molar-refractivity contribution in [2.45, 2.75) is 24.9 Å². The number of nitrogens with one attached hydrogen (secondary N) is 2. The lowest BCUT2D eigenvalue weighted by atomic mass is 9.61. The first-order chi connectivity index (χ1) is 17.8. The van der Waals surface area contributed by atoms with Crippen LogP contribution in [0.15, 0.2) is 78.9 Å². The average molecular weight is 503 g/mol. The molecule has 0 heterocycles. The SMILES string of the molecule is COc1ccccc1NC(=O)C1C(=O)CC(C)(O)C(C(=O)Nc2ccccc2OC)C1c1ccccc1. The van der Waals surface area contributed by atoms with Gasteiger partial charge in [0.25, 0.3) is 0 Å². The second-order valence-electron chi connectivity index (χ2n) is 9.27. The zero-order valence-electron chi connectivity index (χ0n) is 20.9. The number of para-hydroxylation sites is 4. The molecule has 37 heavy (non-hydrogen) atoms. The maximum absolute atomic E-state index is 13.8. The molecule has 0 bridgehead atoms. The summed E-state index contributed by atoms with van der Waals surface area (Å²) in [5, 5.41) is 17.1. The van der Waals surface area contributed by atoms with E-state index in [-0.39, 0.29) is 6.42 Å². The molecule has 0 saturated heterocycles. The van der Waals surface area contributed by atoms with Crippen molar-refractivity contribution in [2.24, 2.45) is 11.8 Å². The summed E-state index contributed by atoms with van der Waals surface area (Å²) in [7, 11) is 2.98. The average Bonchev–Trinajstić information content (AvgIpc) is 2.88. The fourth-order valence-electron chi connectivity index (χ4n) is 5.08. The number of methoxy groups -OCH3 is 2. The fraction of sp³-hybridized carbons (Fsp3) is 0.276. The van der Waals surface area contributed by atoms with Gasteiger partial charge in [0.05, 0.1) is 37.1 Å². The minimum absolute atomic E-state index is 0.357. The summed E-state index contributed by atoms with van der Waals surface area (Å²) >= 11 is 0. The van der Waals surface area contributed by atoms with E-state index in [2.05, 4.69) is 10.6 Å². The third-order valence-electron chi connectivity index (χ3n) is 6.75. The number of rotatable bonds is 7. The van der Waals surface area contributed by atoms with Gasteiger partial charge in [-0.15, -0.1) is 0 Å². The van der Waals surface area contributed by atoms with Crippen LogP contribution in [0.5, 0.6) is 11.5 Å². The molecular weight excluding hydrogens is 472 g/mol. The van der Waals surface area contributed by atoms with Crippen LogP contribution < -0.4 is 20.1 Å². The predicted molar refractivity (Wildman–Crippen MR) is 140 cm³/mol. The van der Waals surface area contributed by atoms with E-state index in [1.165, 1.54) is 21.1 Å². The highest BCUT2D eigenvalue weighted by Gasteiger charge is 2.56. The third kappa shape index (κ3) is 5.34. The summed E-state index contributed by atoms with van der Waals surface area (Å²) in [5.41, 5.74) is -0.284. The van der Waals surface area contributed by atoms with E-state index in [1.54, 1.807) is 78.9 Å². The van der Waals surface area contributed by atoms with Crippen molar-refractivity contribution in [3.05, 3.63) is 84.4 Å². The number of Topliss-reactive ketones (excluding diaryl/α,β-unsaturated/α-hetero) is 1. The molecule has 4 unspecified atom stereocenters. The van der Waals surface area contributed by atoms with Crippen LogP contribution >= 0.6 is 0 Å². The Morgan fingerprint density at radius 1 is 0.811 bits per heavy atom. The summed E-state index contributed by atoms with van der Waals surface area (Å²) in [6, 6.07) is 22.6. The Hall–Kier alpha value is -4.17. The molecule has 3 aromatic rings. The standard InChI is InChI=1S/C29H30N2O6/c1-29(35)17-21(32)25(27(33)30-19-13-7-9-15-22(19)36-2)24(18-11-5-4-6-12-18)26(29)28(34)31-20-14-8-10-16-23(20)37-3/h4-16,24-26,35H,17H2,1-3H3,(H,30,33)(H,31,34).